The summed E-state index contributed by atoms with van der Waals surface area (Å²) in [4.78, 5) is 15.4. The van der Waals surface area contributed by atoms with E-state index in [1.54, 1.807) is 26.8 Å². The fourth-order valence-electron chi connectivity index (χ4n) is 1.95. The molecule has 3 nitrogen and oxygen atoms in total. The van der Waals surface area contributed by atoms with Gasteiger partial charge in [0.05, 0.1) is 5.56 Å². The van der Waals surface area contributed by atoms with Gasteiger partial charge in [-0.1, -0.05) is 0 Å². The third-order valence-corrected chi connectivity index (χ3v) is 2.89. The maximum atomic E-state index is 13.7. The summed E-state index contributed by atoms with van der Waals surface area (Å²) in [6, 6.07) is 3.01. The highest BCUT2D eigenvalue weighted by molar-refractivity contribution is 6.04. The van der Waals surface area contributed by atoms with Gasteiger partial charge in [0.15, 0.2) is 0 Å². The number of benzene rings is 1. The number of aryl methyl sites for hydroxylation is 2. The van der Waals surface area contributed by atoms with Gasteiger partial charge >= 0.3 is 5.97 Å². The second-order valence-corrected chi connectivity index (χ2v) is 4.15. The van der Waals surface area contributed by atoms with E-state index in [-0.39, 0.29) is 11.1 Å². The van der Waals surface area contributed by atoms with Crippen LogP contribution >= 0.6 is 0 Å². The summed E-state index contributed by atoms with van der Waals surface area (Å²) in [6.45, 7) is 5.09. The number of carbonyl (C=O) groups is 1. The number of fused-ring (bicyclic) bond motifs is 1. The van der Waals surface area contributed by atoms with Crippen LogP contribution in [0.25, 0.3) is 10.9 Å². The van der Waals surface area contributed by atoms with Crippen LogP contribution in [0.4, 0.5) is 4.39 Å². The summed E-state index contributed by atoms with van der Waals surface area (Å²) in [5.74, 6) is -1.53. The number of hydrogen-bond acceptors (Lipinski definition) is 2. The SMILES string of the molecule is Cc1cc(F)c2nc(C)c(C)c(C(=O)O)c2c1. The van der Waals surface area contributed by atoms with Crippen LogP contribution in [0.5, 0.6) is 0 Å². The second-order valence-electron chi connectivity index (χ2n) is 4.15. The molecule has 1 N–H and O–H groups in total. The first kappa shape index (κ1) is 11.5. The Morgan fingerprint density at radius 2 is 1.94 bits per heavy atom. The molecule has 1 heterocycles. The summed E-state index contributed by atoms with van der Waals surface area (Å²) in [5.41, 5.74) is 2.06. The van der Waals surface area contributed by atoms with Crippen molar-refractivity contribution >= 4 is 16.9 Å². The van der Waals surface area contributed by atoms with E-state index in [0.29, 0.717) is 22.2 Å². The Morgan fingerprint density at radius 1 is 1.29 bits per heavy atom. The predicted octanol–water partition coefficient (Wildman–Crippen LogP) is 3.00. The van der Waals surface area contributed by atoms with E-state index in [0.717, 1.165) is 0 Å². The molecular weight excluding hydrogens is 221 g/mol. The first-order valence-electron chi connectivity index (χ1n) is 5.22. The summed E-state index contributed by atoms with van der Waals surface area (Å²) in [6.07, 6.45) is 0. The highest BCUT2D eigenvalue weighted by atomic mass is 19.1. The molecule has 0 amide bonds. The van der Waals surface area contributed by atoms with Crippen molar-refractivity contribution in [3.05, 3.63) is 40.3 Å². The van der Waals surface area contributed by atoms with Crippen LogP contribution in [0.15, 0.2) is 12.1 Å². The highest BCUT2D eigenvalue weighted by Crippen LogP contribution is 2.26. The Bertz CT molecular complexity index is 635. The van der Waals surface area contributed by atoms with Crippen molar-refractivity contribution < 1.29 is 14.3 Å². The summed E-state index contributed by atoms with van der Waals surface area (Å²) in [7, 11) is 0. The molecule has 88 valence electrons. The maximum absolute atomic E-state index is 13.7. The lowest BCUT2D eigenvalue weighted by Crippen LogP contribution is -2.06. The number of carboxylic acids is 1. The van der Waals surface area contributed by atoms with Gasteiger partial charge in [-0.25, -0.2) is 14.2 Å². The standard InChI is InChI=1S/C13H12FNO2/c1-6-4-9-11(13(16)17)7(2)8(3)15-12(9)10(14)5-6/h4-5H,1-3H3,(H,16,17). The molecular formula is C13H12FNO2. The van der Waals surface area contributed by atoms with E-state index in [9.17, 15) is 14.3 Å². The molecule has 0 aliphatic heterocycles. The minimum Gasteiger partial charge on any atom is -0.478 e. The fourth-order valence-corrected chi connectivity index (χ4v) is 1.95. The van der Waals surface area contributed by atoms with Gasteiger partial charge in [0.1, 0.15) is 11.3 Å². The Balaban J connectivity index is 3.03. The van der Waals surface area contributed by atoms with Crippen molar-refractivity contribution in [3.8, 4) is 0 Å². The fraction of sp³-hybridized carbons (Fsp3) is 0.231. The predicted molar refractivity (Wildman–Crippen MR) is 62.9 cm³/mol. The second kappa shape index (κ2) is 3.80. The van der Waals surface area contributed by atoms with Crippen molar-refractivity contribution in [1.82, 2.24) is 4.98 Å². The third kappa shape index (κ3) is 1.75. The molecule has 0 aliphatic carbocycles. The average molecular weight is 233 g/mol. The van der Waals surface area contributed by atoms with Gasteiger partial charge < -0.3 is 5.11 Å². The zero-order valence-corrected chi connectivity index (χ0v) is 9.84. The minimum absolute atomic E-state index is 0.121. The zero-order chi connectivity index (χ0) is 12.7. The summed E-state index contributed by atoms with van der Waals surface area (Å²) >= 11 is 0. The van der Waals surface area contributed by atoms with Crippen LogP contribution < -0.4 is 0 Å². The number of halogens is 1. The van der Waals surface area contributed by atoms with E-state index >= 15 is 0 Å². The van der Waals surface area contributed by atoms with Crippen LogP contribution in [0, 0.1) is 26.6 Å². The molecule has 0 bridgehead atoms. The van der Waals surface area contributed by atoms with Crippen LogP contribution in [-0.4, -0.2) is 16.1 Å². The summed E-state index contributed by atoms with van der Waals surface area (Å²) in [5, 5.41) is 9.58. The van der Waals surface area contributed by atoms with E-state index in [4.69, 9.17) is 0 Å². The van der Waals surface area contributed by atoms with Gasteiger partial charge in [-0.05, 0) is 44.0 Å². The zero-order valence-electron chi connectivity index (χ0n) is 9.84. The Kier molecular flexibility index (Phi) is 2.58. The molecule has 0 saturated carbocycles. The van der Waals surface area contributed by atoms with Crippen LogP contribution in [0.2, 0.25) is 0 Å². The molecule has 4 heteroatoms. The molecule has 1 aromatic carbocycles. The molecule has 0 atom stereocenters. The topological polar surface area (TPSA) is 50.2 Å². The minimum atomic E-state index is -1.05. The van der Waals surface area contributed by atoms with Crippen molar-refractivity contribution in [2.24, 2.45) is 0 Å². The molecule has 0 radical (unpaired) electrons. The summed E-state index contributed by atoms with van der Waals surface area (Å²) < 4.78 is 13.7. The molecule has 0 saturated heterocycles. The molecule has 17 heavy (non-hydrogen) atoms. The van der Waals surface area contributed by atoms with E-state index in [2.05, 4.69) is 4.98 Å². The number of aromatic carboxylic acids is 1. The lowest BCUT2D eigenvalue weighted by Gasteiger charge is -2.10. The Hall–Kier alpha value is -1.97. The smallest absolute Gasteiger partial charge is 0.336 e. The quantitative estimate of drug-likeness (QED) is 0.823. The van der Waals surface area contributed by atoms with Crippen LogP contribution in [0.3, 0.4) is 0 Å². The number of carboxylic acid groups (broad SMARTS) is 1. The van der Waals surface area contributed by atoms with E-state index in [1.807, 2.05) is 0 Å². The number of pyridine rings is 1. The van der Waals surface area contributed by atoms with Gasteiger partial charge in [-0.2, -0.15) is 0 Å². The Labute approximate surface area is 97.9 Å². The van der Waals surface area contributed by atoms with Gasteiger partial charge in [0.2, 0.25) is 0 Å². The van der Waals surface area contributed by atoms with Gasteiger partial charge in [0, 0.05) is 11.1 Å². The van der Waals surface area contributed by atoms with Gasteiger partial charge in [-0.3, -0.25) is 0 Å². The van der Waals surface area contributed by atoms with E-state index in [1.165, 1.54) is 6.07 Å². The van der Waals surface area contributed by atoms with Crippen molar-refractivity contribution in [2.45, 2.75) is 20.8 Å². The van der Waals surface area contributed by atoms with Crippen LogP contribution in [-0.2, 0) is 0 Å². The highest BCUT2D eigenvalue weighted by Gasteiger charge is 2.17. The van der Waals surface area contributed by atoms with Crippen LogP contribution in [0.1, 0.15) is 27.2 Å². The van der Waals surface area contributed by atoms with Crippen molar-refractivity contribution in [2.75, 3.05) is 0 Å². The molecule has 0 aliphatic rings. The molecule has 0 spiro atoms. The van der Waals surface area contributed by atoms with Gasteiger partial charge in [-0.15, -0.1) is 0 Å². The first-order chi connectivity index (χ1) is 7.91. The molecule has 2 rings (SSSR count). The van der Waals surface area contributed by atoms with Gasteiger partial charge in [0.25, 0.3) is 0 Å². The number of nitrogens with zero attached hydrogens (tertiary/aromatic N) is 1. The van der Waals surface area contributed by atoms with Crippen molar-refractivity contribution in [3.63, 3.8) is 0 Å². The molecule has 0 unspecified atom stereocenters. The van der Waals surface area contributed by atoms with Crippen molar-refractivity contribution in [1.29, 1.82) is 0 Å². The normalized spacial score (nSPS) is 10.8. The average Bonchev–Trinajstić information content (AvgIpc) is 2.20. The largest absolute Gasteiger partial charge is 0.478 e. The number of hydrogen-bond donors (Lipinski definition) is 1. The molecule has 0 fully saturated rings. The van der Waals surface area contributed by atoms with E-state index < -0.39 is 11.8 Å². The monoisotopic (exact) mass is 233 g/mol. The third-order valence-electron chi connectivity index (χ3n) is 2.89. The first-order valence-corrected chi connectivity index (χ1v) is 5.22. The number of rotatable bonds is 1. The lowest BCUT2D eigenvalue weighted by molar-refractivity contribution is 0.0698. The lowest BCUT2D eigenvalue weighted by atomic mass is 10.00. The Morgan fingerprint density at radius 3 is 2.53 bits per heavy atom. The molecule has 2 aromatic rings. The number of aromatic nitrogens is 1. The molecule has 1 aromatic heterocycles. The maximum Gasteiger partial charge on any atom is 0.336 e.